The summed E-state index contributed by atoms with van der Waals surface area (Å²) in [5.41, 5.74) is 3.44. The number of rotatable bonds is 11. The Morgan fingerprint density at radius 1 is 0.816 bits per heavy atom. The molecular formula is C31H30F3NO3. The molecule has 38 heavy (non-hydrogen) atoms. The summed E-state index contributed by atoms with van der Waals surface area (Å²) in [6.07, 6.45) is -4.77. The van der Waals surface area contributed by atoms with E-state index in [2.05, 4.69) is 0 Å². The van der Waals surface area contributed by atoms with E-state index in [-0.39, 0.29) is 18.5 Å². The summed E-state index contributed by atoms with van der Waals surface area (Å²) in [7, 11) is 0. The number of aromatic nitrogens is 1. The highest BCUT2D eigenvalue weighted by Gasteiger charge is 2.42. The topological polar surface area (TPSA) is 51.5 Å². The number of carboxylic acid groups (broad SMARTS) is 1. The van der Waals surface area contributed by atoms with Crippen LogP contribution in [0.1, 0.15) is 34.0 Å². The fourth-order valence-corrected chi connectivity index (χ4v) is 4.58. The monoisotopic (exact) mass is 521 g/mol. The number of hydrogen-bond acceptors (Lipinski definition) is 2. The molecular weight excluding hydrogens is 491 g/mol. The number of nitrogens with zero attached hydrogens (tertiary/aromatic N) is 1. The highest BCUT2D eigenvalue weighted by Crippen LogP contribution is 2.38. The molecule has 1 aromatic heterocycles. The van der Waals surface area contributed by atoms with Gasteiger partial charge in [-0.3, -0.25) is 0 Å². The Labute approximate surface area is 220 Å². The van der Waals surface area contributed by atoms with Crippen molar-refractivity contribution in [1.82, 2.24) is 4.57 Å². The third-order valence-electron chi connectivity index (χ3n) is 6.63. The third-order valence-corrected chi connectivity index (χ3v) is 6.63. The maximum Gasteiger partial charge on any atom is 0.397 e. The second kappa shape index (κ2) is 12.0. The number of aryl methyl sites for hydroxylation is 2. The smallest absolute Gasteiger partial charge is 0.397 e. The summed E-state index contributed by atoms with van der Waals surface area (Å²) in [5.74, 6) is -2.23. The molecule has 0 amide bonds. The van der Waals surface area contributed by atoms with Crippen molar-refractivity contribution in [1.29, 1.82) is 0 Å². The number of halogens is 3. The minimum absolute atomic E-state index is 0.118. The molecule has 0 saturated carbocycles. The summed E-state index contributed by atoms with van der Waals surface area (Å²) in [5, 5.41) is 9.58. The Morgan fingerprint density at radius 3 is 1.95 bits per heavy atom. The molecule has 2 atom stereocenters. The molecule has 4 aromatic rings. The highest BCUT2D eigenvalue weighted by molar-refractivity contribution is 5.73. The molecule has 0 saturated heterocycles. The van der Waals surface area contributed by atoms with Crippen molar-refractivity contribution in [3.05, 3.63) is 125 Å². The van der Waals surface area contributed by atoms with Crippen LogP contribution in [-0.2, 0) is 30.6 Å². The molecule has 1 heterocycles. The van der Waals surface area contributed by atoms with Crippen molar-refractivity contribution in [2.24, 2.45) is 0 Å². The van der Waals surface area contributed by atoms with E-state index in [1.807, 2.05) is 49.4 Å². The van der Waals surface area contributed by atoms with Crippen LogP contribution in [0.25, 0.3) is 0 Å². The number of aliphatic carboxylic acids is 1. The molecule has 198 valence electrons. The van der Waals surface area contributed by atoms with Crippen molar-refractivity contribution >= 4 is 5.97 Å². The van der Waals surface area contributed by atoms with Crippen LogP contribution in [0.5, 0.6) is 5.75 Å². The summed E-state index contributed by atoms with van der Waals surface area (Å²) in [4.78, 5) is 11.7. The largest absolute Gasteiger partial charge is 0.478 e. The zero-order valence-corrected chi connectivity index (χ0v) is 21.1. The molecule has 0 spiro atoms. The predicted octanol–water partition coefficient (Wildman–Crippen LogP) is 7.00. The van der Waals surface area contributed by atoms with Crippen LogP contribution in [0.4, 0.5) is 13.2 Å². The summed E-state index contributed by atoms with van der Waals surface area (Å²) >= 11 is 0. The Morgan fingerprint density at radius 2 is 1.39 bits per heavy atom. The molecule has 0 bridgehead atoms. The molecule has 1 unspecified atom stereocenters. The zero-order valence-electron chi connectivity index (χ0n) is 21.1. The average molecular weight is 522 g/mol. The molecule has 1 N–H and O–H groups in total. The standard InChI is InChI=1S/C31H30F3NO3/c1-22-12-17-28(27(31(32,33)34)20-24-8-4-2-5-9-24)35(22)19-18-23-13-15-26(16-14-23)38-29(30(36)37)21-25-10-6-3-7-11-25/h2-17,27,29H,18-21H2,1H3,(H,36,37)/t27?,29-/m1/s1. The minimum atomic E-state index is -4.38. The number of carbonyl (C=O) groups is 1. The molecule has 7 heteroatoms. The minimum Gasteiger partial charge on any atom is -0.478 e. The van der Waals surface area contributed by atoms with Crippen LogP contribution in [0.2, 0.25) is 0 Å². The van der Waals surface area contributed by atoms with E-state index in [9.17, 15) is 23.1 Å². The van der Waals surface area contributed by atoms with Crippen molar-refractivity contribution < 1.29 is 27.8 Å². The lowest BCUT2D eigenvalue weighted by Crippen LogP contribution is -2.29. The van der Waals surface area contributed by atoms with Gasteiger partial charge in [0.25, 0.3) is 0 Å². The molecule has 0 fully saturated rings. The average Bonchev–Trinajstić information content (AvgIpc) is 3.26. The third kappa shape index (κ3) is 7.06. The van der Waals surface area contributed by atoms with Crippen LogP contribution in [0, 0.1) is 6.92 Å². The van der Waals surface area contributed by atoms with E-state index in [4.69, 9.17) is 4.74 Å². The van der Waals surface area contributed by atoms with Crippen molar-refractivity contribution in [3.63, 3.8) is 0 Å². The molecule has 0 aliphatic rings. The van der Waals surface area contributed by atoms with E-state index >= 15 is 0 Å². The van der Waals surface area contributed by atoms with Gasteiger partial charge in [0.05, 0.1) is 5.92 Å². The first kappa shape index (κ1) is 27.0. The first-order valence-electron chi connectivity index (χ1n) is 12.5. The second-order valence-corrected chi connectivity index (χ2v) is 9.36. The molecule has 0 aliphatic carbocycles. The van der Waals surface area contributed by atoms with Gasteiger partial charge >= 0.3 is 12.1 Å². The fraction of sp³-hybridized carbons (Fsp3) is 0.258. The fourth-order valence-electron chi connectivity index (χ4n) is 4.58. The number of benzene rings is 3. The first-order chi connectivity index (χ1) is 18.2. The van der Waals surface area contributed by atoms with Gasteiger partial charge in [0.1, 0.15) is 5.75 Å². The van der Waals surface area contributed by atoms with Crippen LogP contribution in [0.3, 0.4) is 0 Å². The quantitative estimate of drug-likeness (QED) is 0.231. The van der Waals surface area contributed by atoms with Gasteiger partial charge in [-0.25, -0.2) is 4.79 Å². The molecule has 4 rings (SSSR count). The van der Waals surface area contributed by atoms with E-state index < -0.39 is 24.2 Å². The summed E-state index contributed by atoms with van der Waals surface area (Å²) in [6, 6.07) is 28.3. The highest BCUT2D eigenvalue weighted by atomic mass is 19.4. The zero-order chi connectivity index (χ0) is 27.1. The first-order valence-corrected chi connectivity index (χ1v) is 12.5. The van der Waals surface area contributed by atoms with E-state index in [0.29, 0.717) is 24.3 Å². The van der Waals surface area contributed by atoms with Gasteiger partial charge in [-0.05, 0) is 60.7 Å². The molecule has 0 aliphatic heterocycles. The van der Waals surface area contributed by atoms with E-state index in [1.165, 1.54) is 0 Å². The Hall–Kier alpha value is -4.00. The summed E-state index contributed by atoms with van der Waals surface area (Å²) in [6.45, 7) is 2.21. The molecule has 3 aromatic carbocycles. The Kier molecular flexibility index (Phi) is 8.56. The van der Waals surface area contributed by atoms with Gasteiger partial charge in [-0.1, -0.05) is 72.8 Å². The lowest BCUT2D eigenvalue weighted by atomic mass is 9.95. The predicted molar refractivity (Wildman–Crippen MR) is 140 cm³/mol. The Balaban J connectivity index is 1.44. The number of carboxylic acids is 1. The van der Waals surface area contributed by atoms with Gasteiger partial charge in [0.2, 0.25) is 0 Å². The molecule has 4 nitrogen and oxygen atoms in total. The lowest BCUT2D eigenvalue weighted by molar-refractivity contribution is -0.151. The van der Waals surface area contributed by atoms with Gasteiger partial charge in [0, 0.05) is 24.4 Å². The van der Waals surface area contributed by atoms with Crippen molar-refractivity contribution in [2.45, 2.75) is 50.9 Å². The maximum atomic E-state index is 14.1. The van der Waals surface area contributed by atoms with Gasteiger partial charge in [-0.15, -0.1) is 0 Å². The van der Waals surface area contributed by atoms with Crippen LogP contribution in [-0.4, -0.2) is 27.9 Å². The second-order valence-electron chi connectivity index (χ2n) is 9.36. The van der Waals surface area contributed by atoms with Crippen molar-refractivity contribution in [3.8, 4) is 5.75 Å². The normalized spacial score (nSPS) is 13.2. The lowest BCUT2D eigenvalue weighted by Gasteiger charge is -2.23. The van der Waals surface area contributed by atoms with Gasteiger partial charge in [-0.2, -0.15) is 13.2 Å². The number of ether oxygens (including phenoxy) is 1. The van der Waals surface area contributed by atoms with Gasteiger partial charge < -0.3 is 14.4 Å². The molecule has 0 radical (unpaired) electrons. The van der Waals surface area contributed by atoms with Crippen LogP contribution < -0.4 is 4.74 Å². The Bertz CT molecular complexity index is 1320. The van der Waals surface area contributed by atoms with Crippen LogP contribution in [0.15, 0.2) is 97.1 Å². The van der Waals surface area contributed by atoms with Crippen LogP contribution >= 0.6 is 0 Å². The van der Waals surface area contributed by atoms with Gasteiger partial charge in [0.15, 0.2) is 6.10 Å². The van der Waals surface area contributed by atoms with E-state index in [1.54, 1.807) is 59.2 Å². The maximum absolute atomic E-state index is 14.1. The summed E-state index contributed by atoms with van der Waals surface area (Å²) < 4.78 is 49.8. The number of alkyl halides is 3. The van der Waals surface area contributed by atoms with E-state index in [0.717, 1.165) is 16.8 Å². The van der Waals surface area contributed by atoms with Crippen molar-refractivity contribution in [2.75, 3.05) is 0 Å². The SMILES string of the molecule is Cc1ccc(C(Cc2ccccc2)C(F)(F)F)n1CCc1ccc(O[C@H](Cc2ccccc2)C(=O)O)cc1. The number of hydrogen-bond donors (Lipinski definition) is 1.